The Morgan fingerprint density at radius 3 is 2.53 bits per heavy atom. The van der Waals surface area contributed by atoms with Crippen molar-refractivity contribution in [3.8, 4) is 0 Å². The smallest absolute Gasteiger partial charge is 0.255 e. The first-order valence-electron chi connectivity index (χ1n) is 9.92. The molecule has 0 aliphatic carbocycles. The van der Waals surface area contributed by atoms with Gasteiger partial charge in [0.1, 0.15) is 5.52 Å². The van der Waals surface area contributed by atoms with Gasteiger partial charge >= 0.3 is 0 Å². The molecular formula is C22H21N7O. The van der Waals surface area contributed by atoms with Crippen LogP contribution in [0.25, 0.3) is 11.2 Å². The molecule has 0 radical (unpaired) electrons. The van der Waals surface area contributed by atoms with Crippen molar-refractivity contribution in [2.75, 3.05) is 31.1 Å². The predicted octanol–water partition coefficient (Wildman–Crippen LogP) is 2.23. The fourth-order valence-corrected chi connectivity index (χ4v) is 3.78. The lowest BCUT2D eigenvalue weighted by Crippen LogP contribution is -2.48. The van der Waals surface area contributed by atoms with Crippen LogP contribution in [-0.4, -0.2) is 61.5 Å². The van der Waals surface area contributed by atoms with Crippen LogP contribution in [0.5, 0.6) is 0 Å². The first kappa shape index (κ1) is 18.2. The Hall–Kier alpha value is -3.81. The Morgan fingerprint density at radius 1 is 0.933 bits per heavy atom. The number of amides is 1. The second kappa shape index (κ2) is 7.90. The van der Waals surface area contributed by atoms with Crippen molar-refractivity contribution in [2.45, 2.75) is 6.54 Å². The fraction of sp³-hybridized carbons (Fsp3) is 0.227. The van der Waals surface area contributed by atoms with E-state index in [9.17, 15) is 4.79 Å². The molecule has 30 heavy (non-hydrogen) atoms. The van der Waals surface area contributed by atoms with Gasteiger partial charge in [-0.05, 0) is 29.8 Å². The van der Waals surface area contributed by atoms with Crippen LogP contribution in [-0.2, 0) is 6.54 Å². The minimum absolute atomic E-state index is 0.000544. The molecule has 1 aliphatic heterocycles. The van der Waals surface area contributed by atoms with Crippen molar-refractivity contribution in [1.82, 2.24) is 29.4 Å². The van der Waals surface area contributed by atoms with Gasteiger partial charge in [-0.25, -0.2) is 9.97 Å². The number of pyridine rings is 3. The number of aromatic nitrogens is 5. The molecule has 4 aromatic rings. The maximum absolute atomic E-state index is 13.0. The van der Waals surface area contributed by atoms with E-state index in [0.29, 0.717) is 25.2 Å². The van der Waals surface area contributed by atoms with Gasteiger partial charge in [0.15, 0.2) is 5.65 Å². The third-order valence-electron chi connectivity index (χ3n) is 5.37. The van der Waals surface area contributed by atoms with Crippen LogP contribution in [0.4, 0.5) is 5.69 Å². The topological polar surface area (TPSA) is 80.0 Å². The Bertz CT molecular complexity index is 1150. The highest BCUT2D eigenvalue weighted by molar-refractivity contribution is 5.96. The summed E-state index contributed by atoms with van der Waals surface area (Å²) in [5.41, 5.74) is 4.27. The summed E-state index contributed by atoms with van der Waals surface area (Å²) >= 11 is 0. The summed E-state index contributed by atoms with van der Waals surface area (Å²) in [5.74, 6) is 0.000544. The van der Waals surface area contributed by atoms with Crippen LogP contribution in [0.2, 0.25) is 0 Å². The molecule has 0 saturated carbocycles. The Labute approximate surface area is 173 Å². The van der Waals surface area contributed by atoms with Gasteiger partial charge in [-0.2, -0.15) is 0 Å². The van der Waals surface area contributed by atoms with E-state index in [2.05, 4.69) is 24.8 Å². The molecule has 0 N–H and O–H groups in total. The van der Waals surface area contributed by atoms with Gasteiger partial charge in [0.05, 0.1) is 18.4 Å². The zero-order valence-electron chi connectivity index (χ0n) is 16.4. The zero-order chi connectivity index (χ0) is 20.3. The van der Waals surface area contributed by atoms with E-state index < -0.39 is 0 Å². The molecule has 8 nitrogen and oxygen atoms in total. The van der Waals surface area contributed by atoms with Crippen molar-refractivity contribution in [3.05, 3.63) is 78.8 Å². The largest absolute Gasteiger partial charge is 0.368 e. The van der Waals surface area contributed by atoms with Gasteiger partial charge in [0.2, 0.25) is 0 Å². The molecule has 0 unspecified atom stereocenters. The Morgan fingerprint density at radius 2 is 1.77 bits per heavy atom. The molecule has 5 heterocycles. The number of rotatable bonds is 4. The lowest BCUT2D eigenvalue weighted by molar-refractivity contribution is 0.0746. The highest BCUT2D eigenvalue weighted by Gasteiger charge is 2.23. The summed E-state index contributed by atoms with van der Waals surface area (Å²) in [6.07, 6.45) is 10.6. The number of anilines is 1. The number of nitrogens with zero attached hydrogens (tertiary/aromatic N) is 7. The van der Waals surface area contributed by atoms with Gasteiger partial charge < -0.3 is 14.4 Å². The van der Waals surface area contributed by atoms with Crippen molar-refractivity contribution < 1.29 is 4.79 Å². The highest BCUT2D eigenvalue weighted by Crippen LogP contribution is 2.18. The van der Waals surface area contributed by atoms with Gasteiger partial charge in [-0.3, -0.25) is 14.8 Å². The van der Waals surface area contributed by atoms with Crippen molar-refractivity contribution in [3.63, 3.8) is 0 Å². The number of hydrogen-bond acceptors (Lipinski definition) is 6. The molecule has 1 amide bonds. The van der Waals surface area contributed by atoms with Crippen LogP contribution in [0.1, 0.15) is 15.9 Å². The highest BCUT2D eigenvalue weighted by atomic mass is 16.2. The maximum Gasteiger partial charge on any atom is 0.255 e. The SMILES string of the molecule is O=C(c1cnc2c(c1)ncn2Cc1cccnc1)N1CCN(c2ccncc2)CC1. The van der Waals surface area contributed by atoms with E-state index in [1.165, 1.54) is 0 Å². The minimum atomic E-state index is 0.000544. The summed E-state index contributed by atoms with van der Waals surface area (Å²) < 4.78 is 1.97. The third-order valence-corrected chi connectivity index (χ3v) is 5.37. The van der Waals surface area contributed by atoms with Crippen molar-refractivity contribution >= 4 is 22.8 Å². The maximum atomic E-state index is 13.0. The number of imidazole rings is 1. The van der Waals surface area contributed by atoms with Gasteiger partial charge in [0.25, 0.3) is 5.91 Å². The third kappa shape index (κ3) is 3.59. The molecule has 0 atom stereocenters. The molecule has 1 fully saturated rings. The predicted molar refractivity (Wildman–Crippen MR) is 113 cm³/mol. The molecule has 0 bridgehead atoms. The zero-order valence-corrected chi connectivity index (χ0v) is 16.4. The van der Waals surface area contributed by atoms with Crippen LogP contribution >= 0.6 is 0 Å². The van der Waals surface area contributed by atoms with Crippen LogP contribution in [0.3, 0.4) is 0 Å². The molecule has 5 rings (SSSR count). The molecule has 1 aliphatic rings. The summed E-state index contributed by atoms with van der Waals surface area (Å²) in [7, 11) is 0. The van der Waals surface area contributed by atoms with Crippen LogP contribution in [0.15, 0.2) is 67.6 Å². The van der Waals surface area contributed by atoms with E-state index in [-0.39, 0.29) is 5.91 Å². The molecule has 150 valence electrons. The Kier molecular flexibility index (Phi) is 4.80. The van der Waals surface area contributed by atoms with E-state index in [0.717, 1.165) is 35.5 Å². The quantitative estimate of drug-likeness (QED) is 0.524. The number of carbonyl (C=O) groups excluding carboxylic acids is 1. The first-order chi connectivity index (χ1) is 14.8. The normalized spacial score (nSPS) is 14.3. The first-order valence-corrected chi connectivity index (χ1v) is 9.92. The van der Waals surface area contributed by atoms with E-state index in [1.807, 2.05) is 46.0 Å². The second-order valence-electron chi connectivity index (χ2n) is 7.29. The molecule has 1 saturated heterocycles. The fourth-order valence-electron chi connectivity index (χ4n) is 3.78. The summed E-state index contributed by atoms with van der Waals surface area (Å²) in [6, 6.07) is 9.75. The second-order valence-corrected chi connectivity index (χ2v) is 7.29. The van der Waals surface area contributed by atoms with Crippen molar-refractivity contribution in [2.24, 2.45) is 0 Å². The monoisotopic (exact) mass is 399 g/mol. The van der Waals surface area contributed by atoms with E-state index in [1.54, 1.807) is 31.1 Å². The van der Waals surface area contributed by atoms with Crippen LogP contribution < -0.4 is 4.90 Å². The Balaban J connectivity index is 1.29. The average molecular weight is 399 g/mol. The number of carbonyl (C=O) groups is 1. The summed E-state index contributed by atoms with van der Waals surface area (Å²) in [4.78, 5) is 34.3. The molecule has 0 spiro atoms. The lowest BCUT2D eigenvalue weighted by Gasteiger charge is -2.36. The number of fused-ring (bicyclic) bond motifs is 1. The van der Waals surface area contributed by atoms with Gasteiger partial charge in [-0.15, -0.1) is 0 Å². The van der Waals surface area contributed by atoms with E-state index in [4.69, 9.17) is 0 Å². The van der Waals surface area contributed by atoms with Crippen LogP contribution in [0, 0.1) is 0 Å². The number of hydrogen-bond donors (Lipinski definition) is 0. The summed E-state index contributed by atoms with van der Waals surface area (Å²) in [5, 5.41) is 0. The minimum Gasteiger partial charge on any atom is -0.368 e. The molecular weight excluding hydrogens is 378 g/mol. The van der Waals surface area contributed by atoms with E-state index >= 15 is 0 Å². The number of piperazine rings is 1. The van der Waals surface area contributed by atoms with Gasteiger partial charge in [-0.1, -0.05) is 6.07 Å². The summed E-state index contributed by atoms with van der Waals surface area (Å²) in [6.45, 7) is 3.58. The van der Waals surface area contributed by atoms with Crippen molar-refractivity contribution in [1.29, 1.82) is 0 Å². The average Bonchev–Trinajstić information content (AvgIpc) is 3.22. The standard InChI is InChI=1S/C22H21N7O/c30-22(28-10-8-27(9-11-28)19-3-6-23-7-4-19)18-12-20-21(25-14-18)29(16-26-20)15-17-2-1-5-24-13-17/h1-7,12-14,16H,8-11,15H2. The molecule has 0 aromatic carbocycles. The lowest BCUT2D eigenvalue weighted by atomic mass is 10.2. The molecule has 4 aromatic heterocycles. The molecule has 8 heteroatoms. The van der Waals surface area contributed by atoms with Gasteiger partial charge in [0, 0.05) is 62.9 Å².